The normalized spacial score (nSPS) is 9.50. The first-order chi connectivity index (χ1) is 2.00. The second kappa shape index (κ2) is 4.01. The Balaban J connectivity index is 0. The minimum absolute atomic E-state index is 0. The third-order valence-electron chi connectivity index (χ3n) is 0. The first-order valence-electron chi connectivity index (χ1n) is 0.805. The molecule has 0 aliphatic carbocycles. The van der Waals surface area contributed by atoms with Gasteiger partial charge in [0, 0.05) is 0 Å². The van der Waals surface area contributed by atoms with Gasteiger partial charge >= 0.3 is 66.5 Å². The fourth-order valence-electron chi connectivity index (χ4n) is 0. The van der Waals surface area contributed by atoms with Gasteiger partial charge in [0.1, 0.15) is 8.48 Å². The van der Waals surface area contributed by atoms with Gasteiger partial charge in [0.2, 0.25) is 0 Å². The number of hydrogen-bond donors (Lipinski definition) is 1. The molecule has 6 heteroatoms. The Morgan fingerprint density at radius 1 is 1.50 bits per heavy atom. The van der Waals surface area contributed by atoms with Crippen LogP contribution in [0.4, 0.5) is 0 Å². The Morgan fingerprint density at radius 3 is 1.50 bits per heavy atom. The molecule has 0 fully saturated rings. The summed E-state index contributed by atoms with van der Waals surface area (Å²) in [6.07, 6.45) is 0. The van der Waals surface area contributed by atoms with Crippen molar-refractivity contribution >= 4 is 75.0 Å². The van der Waals surface area contributed by atoms with Crippen LogP contribution in [-0.2, 0) is 8.48 Å². The summed E-state index contributed by atoms with van der Waals surface area (Å²) < 4.78 is 25.9. The van der Waals surface area contributed by atoms with Crippen LogP contribution in [0.1, 0.15) is 0 Å². The van der Waals surface area contributed by atoms with E-state index < -0.39 is 8.48 Å². The van der Waals surface area contributed by atoms with Gasteiger partial charge in [-0.25, -0.2) is 8.42 Å². The molecule has 0 aromatic heterocycles. The van der Waals surface area contributed by atoms with E-state index in [2.05, 4.69) is 0 Å². The molecule has 6 heavy (non-hydrogen) atoms. The third kappa shape index (κ3) is 36.3. The van der Waals surface area contributed by atoms with E-state index in [1.54, 1.807) is 0 Å². The predicted octanol–water partition coefficient (Wildman–Crippen LogP) is -1.96. The SMILES string of the molecule is O=[S](=O)(O)[AlH].[KH]. The van der Waals surface area contributed by atoms with E-state index in [4.69, 9.17) is 4.55 Å². The second-order valence-electron chi connectivity index (χ2n) is 0.582. The Morgan fingerprint density at radius 2 is 1.50 bits per heavy atom. The van der Waals surface area contributed by atoms with Crippen LogP contribution < -0.4 is 0 Å². The molecule has 1 N–H and O–H groups in total. The van der Waals surface area contributed by atoms with Gasteiger partial charge in [0.15, 0.2) is 0 Å². The molecule has 0 aromatic rings. The summed E-state index contributed by atoms with van der Waals surface area (Å²) in [5.74, 6) is 0. The van der Waals surface area contributed by atoms with Crippen molar-refractivity contribution in [2.45, 2.75) is 0 Å². The molecule has 31 valence electrons. The van der Waals surface area contributed by atoms with Crippen LogP contribution in [0.3, 0.4) is 0 Å². The van der Waals surface area contributed by atoms with Crippen LogP contribution >= 0.6 is 0 Å². The van der Waals surface area contributed by atoms with Crippen molar-refractivity contribution in [3.8, 4) is 0 Å². The third-order valence-corrected chi connectivity index (χ3v) is 0. The molecule has 0 amide bonds. The van der Waals surface area contributed by atoms with Gasteiger partial charge in [-0.3, -0.25) is 0 Å². The van der Waals surface area contributed by atoms with E-state index in [0.717, 1.165) is 0 Å². The molecule has 0 heterocycles. The molecule has 0 bridgehead atoms. The molecule has 0 atom stereocenters. The number of hydrogen-bond acceptors (Lipinski definition) is 2. The zero-order chi connectivity index (χ0) is 4.50. The first-order valence-corrected chi connectivity index (χ1v) is 4.15. The minimum atomic E-state index is -3.64. The molecule has 0 aromatic carbocycles. The molecule has 0 spiro atoms. The molecule has 0 rings (SSSR count). The van der Waals surface area contributed by atoms with Crippen molar-refractivity contribution in [3.63, 3.8) is 0 Å². The Labute approximate surface area is 86.1 Å². The van der Waals surface area contributed by atoms with Crippen molar-refractivity contribution in [3.05, 3.63) is 0 Å². The maximum absolute atomic E-state index is 9.20. The van der Waals surface area contributed by atoms with Crippen molar-refractivity contribution in [1.82, 2.24) is 0 Å². The summed E-state index contributed by atoms with van der Waals surface area (Å²) >= 11 is 0.539. The molecular weight excluding hydrogens is 146 g/mol. The van der Waals surface area contributed by atoms with E-state index in [9.17, 15) is 8.42 Å². The summed E-state index contributed by atoms with van der Waals surface area (Å²) in [6.45, 7) is 0. The van der Waals surface area contributed by atoms with Gasteiger partial charge in [-0.05, 0) is 0 Å². The molecular formula is H3AlKO3S. The summed E-state index contributed by atoms with van der Waals surface area (Å²) in [5.41, 5.74) is 0. The monoisotopic (exact) mass is 149 g/mol. The Kier molecular flexibility index (Phi) is 7.32. The molecule has 1 radical (unpaired) electrons. The van der Waals surface area contributed by atoms with Gasteiger partial charge in [-0.15, -0.1) is 0 Å². The van der Waals surface area contributed by atoms with Crippen molar-refractivity contribution < 1.29 is 13.0 Å². The van der Waals surface area contributed by atoms with Gasteiger partial charge < -0.3 is 4.55 Å². The maximum atomic E-state index is 9.20. The van der Waals surface area contributed by atoms with Crippen LogP contribution in [0.5, 0.6) is 0 Å². The van der Waals surface area contributed by atoms with E-state index in [-0.39, 0.29) is 51.4 Å². The van der Waals surface area contributed by atoms with Crippen molar-refractivity contribution in [2.75, 3.05) is 0 Å². The van der Waals surface area contributed by atoms with E-state index in [0.29, 0.717) is 15.2 Å². The van der Waals surface area contributed by atoms with Crippen LogP contribution in [0.15, 0.2) is 0 Å². The Hall–Kier alpha value is 2.08. The second-order valence-corrected chi connectivity index (χ2v) is 3.93. The summed E-state index contributed by atoms with van der Waals surface area (Å²) in [4.78, 5) is 0. The zero-order valence-electron chi connectivity index (χ0n) is 2.38. The number of rotatable bonds is 0. The predicted molar refractivity (Wildman–Crippen MR) is 25.8 cm³/mol. The standard InChI is InChI=1S/Al.K.HO3S.2H/c;;1-4(2)3;;/h;;(H,1,2,3);;. The van der Waals surface area contributed by atoms with Crippen molar-refractivity contribution in [2.24, 2.45) is 0 Å². The molecule has 0 unspecified atom stereocenters. The zero-order valence-corrected chi connectivity index (χ0v) is 4.61. The molecule has 0 saturated heterocycles. The molecule has 0 saturated carbocycles. The van der Waals surface area contributed by atoms with Gasteiger partial charge in [0.25, 0.3) is 0 Å². The fourth-order valence-corrected chi connectivity index (χ4v) is 0. The van der Waals surface area contributed by atoms with Crippen LogP contribution in [-0.4, -0.2) is 79.5 Å². The van der Waals surface area contributed by atoms with Gasteiger partial charge in [0.05, 0.1) is 0 Å². The quantitative estimate of drug-likeness (QED) is 0.321. The fraction of sp³-hybridized carbons (Fsp3) is 0. The van der Waals surface area contributed by atoms with E-state index >= 15 is 0 Å². The average molecular weight is 149 g/mol. The molecule has 0 aliphatic heterocycles. The van der Waals surface area contributed by atoms with E-state index in [1.807, 2.05) is 0 Å². The summed E-state index contributed by atoms with van der Waals surface area (Å²) in [5, 5.41) is 0. The van der Waals surface area contributed by atoms with Gasteiger partial charge in [-0.1, -0.05) is 0 Å². The van der Waals surface area contributed by atoms with Crippen LogP contribution in [0, 0.1) is 0 Å². The van der Waals surface area contributed by atoms with Gasteiger partial charge in [-0.2, -0.15) is 0 Å². The molecule has 3 nitrogen and oxygen atoms in total. The van der Waals surface area contributed by atoms with E-state index in [1.165, 1.54) is 0 Å². The van der Waals surface area contributed by atoms with Crippen LogP contribution in [0.25, 0.3) is 0 Å². The summed E-state index contributed by atoms with van der Waals surface area (Å²) in [6, 6.07) is 0. The summed E-state index contributed by atoms with van der Waals surface area (Å²) in [7, 11) is -3.64. The molecule has 0 aliphatic rings. The van der Waals surface area contributed by atoms with Crippen LogP contribution in [0.2, 0.25) is 0 Å². The topological polar surface area (TPSA) is 54.4 Å². The Bertz CT molecular complexity index is 94.0. The first kappa shape index (κ1) is 11.0. The average Bonchev–Trinajstić information content (AvgIpc) is 0.722. The van der Waals surface area contributed by atoms with Crippen molar-refractivity contribution in [1.29, 1.82) is 0 Å².